The third kappa shape index (κ3) is 2.98. The van der Waals surface area contributed by atoms with Gasteiger partial charge in [0.2, 0.25) is 5.82 Å². The number of aliphatic carboxylic acids is 1. The molecule has 2 unspecified atom stereocenters. The Morgan fingerprint density at radius 1 is 1.47 bits per heavy atom. The zero-order valence-corrected chi connectivity index (χ0v) is 8.84. The number of carboxylic acid groups (broad SMARTS) is 1. The van der Waals surface area contributed by atoms with Gasteiger partial charge in [-0.15, -0.1) is 10.2 Å². The molecule has 7 heteroatoms. The highest BCUT2D eigenvalue weighted by Crippen LogP contribution is 2.24. The largest absolute Gasteiger partial charge is 0.481 e. The van der Waals surface area contributed by atoms with Gasteiger partial charge >= 0.3 is 5.97 Å². The fourth-order valence-corrected chi connectivity index (χ4v) is 1.12. The summed E-state index contributed by atoms with van der Waals surface area (Å²) in [4.78, 5) is 10.9. The number of H-pyrrole nitrogens is 1. The molecule has 0 saturated heterocycles. The molecule has 0 aliphatic heterocycles. The Morgan fingerprint density at radius 3 is 2.53 bits per heavy atom. The lowest BCUT2D eigenvalue weighted by atomic mass is 10.0. The van der Waals surface area contributed by atoms with E-state index < -0.39 is 18.0 Å². The minimum atomic E-state index is -0.953. The highest BCUT2D eigenvalue weighted by Gasteiger charge is 2.30. The first-order valence-electron chi connectivity index (χ1n) is 4.64. The predicted molar refractivity (Wildman–Crippen MR) is 49.9 cm³/mol. The molecule has 2 atom stereocenters. The fraction of sp³-hybridized carbons (Fsp3) is 0.750. The normalized spacial score (nSPS) is 15.2. The van der Waals surface area contributed by atoms with Crippen molar-refractivity contribution in [1.29, 1.82) is 0 Å². The van der Waals surface area contributed by atoms with E-state index in [1.807, 2.05) is 13.8 Å². The van der Waals surface area contributed by atoms with Crippen molar-refractivity contribution in [2.45, 2.75) is 33.0 Å². The lowest BCUT2D eigenvalue weighted by molar-refractivity contribution is -0.148. The van der Waals surface area contributed by atoms with E-state index in [1.54, 1.807) is 6.92 Å². The topological polar surface area (TPSA) is 101 Å². The monoisotopic (exact) mass is 214 g/mol. The van der Waals surface area contributed by atoms with Gasteiger partial charge in [0, 0.05) is 0 Å². The second-order valence-corrected chi connectivity index (χ2v) is 3.50. The van der Waals surface area contributed by atoms with Crippen molar-refractivity contribution in [1.82, 2.24) is 20.6 Å². The van der Waals surface area contributed by atoms with Crippen LogP contribution in [0.5, 0.6) is 0 Å². The van der Waals surface area contributed by atoms with Crippen LogP contribution in [0, 0.1) is 5.92 Å². The summed E-state index contributed by atoms with van der Waals surface area (Å²) < 4.78 is 5.45. The van der Waals surface area contributed by atoms with Crippen molar-refractivity contribution >= 4 is 5.97 Å². The quantitative estimate of drug-likeness (QED) is 0.735. The molecule has 0 aromatic carbocycles. The first-order valence-corrected chi connectivity index (χ1v) is 4.64. The summed E-state index contributed by atoms with van der Waals surface area (Å²) in [6.45, 7) is 5.19. The first kappa shape index (κ1) is 11.6. The van der Waals surface area contributed by atoms with Crippen molar-refractivity contribution < 1.29 is 14.6 Å². The van der Waals surface area contributed by atoms with Gasteiger partial charge in [0.15, 0.2) is 0 Å². The second-order valence-electron chi connectivity index (χ2n) is 3.50. The van der Waals surface area contributed by atoms with Crippen LogP contribution in [0.1, 0.15) is 32.7 Å². The molecular formula is C8H14N4O3. The minimum Gasteiger partial charge on any atom is -0.481 e. The van der Waals surface area contributed by atoms with Gasteiger partial charge in [-0.1, -0.05) is 5.21 Å². The zero-order valence-electron chi connectivity index (χ0n) is 8.84. The summed E-state index contributed by atoms with van der Waals surface area (Å²) in [5.74, 6) is -1.41. The lowest BCUT2D eigenvalue weighted by Gasteiger charge is -2.20. The summed E-state index contributed by atoms with van der Waals surface area (Å²) in [6.07, 6.45) is -0.781. The minimum absolute atomic E-state index is 0.102. The number of carboxylic acids is 1. The van der Waals surface area contributed by atoms with Gasteiger partial charge in [0.1, 0.15) is 6.10 Å². The average Bonchev–Trinajstić information content (AvgIpc) is 2.65. The fourth-order valence-electron chi connectivity index (χ4n) is 1.12. The van der Waals surface area contributed by atoms with Crippen LogP contribution in [-0.2, 0) is 9.53 Å². The van der Waals surface area contributed by atoms with Gasteiger partial charge in [0.25, 0.3) is 0 Å². The van der Waals surface area contributed by atoms with Crippen LogP contribution in [0.2, 0.25) is 0 Å². The third-order valence-corrected chi connectivity index (χ3v) is 1.88. The Balaban J connectivity index is 2.83. The molecule has 0 saturated carbocycles. The molecule has 0 spiro atoms. The van der Waals surface area contributed by atoms with Crippen molar-refractivity contribution in [3.8, 4) is 0 Å². The molecule has 0 aliphatic carbocycles. The molecule has 7 nitrogen and oxygen atoms in total. The van der Waals surface area contributed by atoms with E-state index in [-0.39, 0.29) is 11.9 Å². The number of tetrazole rings is 1. The second kappa shape index (κ2) is 4.83. The molecule has 0 bridgehead atoms. The van der Waals surface area contributed by atoms with Crippen molar-refractivity contribution in [2.75, 3.05) is 0 Å². The molecule has 15 heavy (non-hydrogen) atoms. The summed E-state index contributed by atoms with van der Waals surface area (Å²) in [5.41, 5.74) is 0. The molecule has 84 valence electrons. The molecule has 0 amide bonds. The van der Waals surface area contributed by atoms with E-state index in [9.17, 15) is 4.79 Å². The zero-order chi connectivity index (χ0) is 11.4. The molecular weight excluding hydrogens is 200 g/mol. The van der Waals surface area contributed by atoms with Crippen molar-refractivity contribution in [3.05, 3.63) is 5.82 Å². The highest BCUT2D eigenvalue weighted by atomic mass is 16.5. The standard InChI is InChI=1S/C8H14N4O3/c1-4(2)15-6(5(3)8(13)14)7-9-11-12-10-7/h4-6H,1-3H3,(H,13,14)(H,9,10,11,12). The molecule has 0 aliphatic rings. The van der Waals surface area contributed by atoms with Crippen molar-refractivity contribution in [2.24, 2.45) is 5.92 Å². The van der Waals surface area contributed by atoms with Crippen LogP contribution >= 0.6 is 0 Å². The van der Waals surface area contributed by atoms with E-state index in [0.29, 0.717) is 0 Å². The number of hydrogen-bond acceptors (Lipinski definition) is 5. The smallest absolute Gasteiger partial charge is 0.309 e. The van der Waals surface area contributed by atoms with Crippen LogP contribution < -0.4 is 0 Å². The molecule has 1 aromatic rings. The number of hydrogen-bond donors (Lipinski definition) is 2. The molecule has 0 radical (unpaired) electrons. The third-order valence-electron chi connectivity index (χ3n) is 1.88. The number of aromatic amines is 1. The van der Waals surface area contributed by atoms with Crippen LogP contribution in [0.15, 0.2) is 0 Å². The van der Waals surface area contributed by atoms with Gasteiger partial charge in [-0.25, -0.2) is 0 Å². The van der Waals surface area contributed by atoms with Gasteiger partial charge in [-0.2, -0.15) is 5.21 Å². The summed E-state index contributed by atoms with van der Waals surface area (Å²) in [6, 6.07) is 0. The Hall–Kier alpha value is -1.50. The molecule has 2 N–H and O–H groups in total. The molecule has 1 rings (SSSR count). The maximum absolute atomic E-state index is 10.9. The summed E-state index contributed by atoms with van der Waals surface area (Å²) in [7, 11) is 0. The number of rotatable bonds is 5. The Morgan fingerprint density at radius 2 is 2.13 bits per heavy atom. The lowest BCUT2D eigenvalue weighted by Crippen LogP contribution is -2.24. The number of aromatic nitrogens is 4. The summed E-state index contributed by atoms with van der Waals surface area (Å²) in [5, 5.41) is 22.0. The van der Waals surface area contributed by atoms with E-state index >= 15 is 0 Å². The first-order chi connectivity index (χ1) is 7.02. The van der Waals surface area contributed by atoms with Gasteiger partial charge < -0.3 is 9.84 Å². The van der Waals surface area contributed by atoms with Gasteiger partial charge in [-0.3, -0.25) is 4.79 Å². The number of nitrogens with zero attached hydrogens (tertiary/aromatic N) is 3. The molecule has 1 heterocycles. The SMILES string of the molecule is CC(C)OC(c1nn[nH]n1)C(C)C(=O)O. The number of nitrogens with one attached hydrogen (secondary N) is 1. The highest BCUT2D eigenvalue weighted by molar-refractivity contribution is 5.70. The van der Waals surface area contributed by atoms with Crippen molar-refractivity contribution in [3.63, 3.8) is 0 Å². The van der Waals surface area contributed by atoms with E-state index in [4.69, 9.17) is 9.84 Å². The predicted octanol–water partition coefficient (Wildman–Crippen LogP) is 0.386. The Bertz CT molecular complexity index is 312. The molecule has 0 fully saturated rings. The number of ether oxygens (including phenoxy) is 1. The van der Waals surface area contributed by atoms with Gasteiger partial charge in [-0.05, 0) is 20.8 Å². The van der Waals surface area contributed by atoms with Crippen LogP contribution in [-0.4, -0.2) is 37.8 Å². The maximum Gasteiger partial charge on any atom is 0.309 e. The summed E-state index contributed by atoms with van der Waals surface area (Å²) >= 11 is 0. The van der Waals surface area contributed by atoms with Crippen LogP contribution in [0.25, 0.3) is 0 Å². The Labute approximate surface area is 86.8 Å². The van der Waals surface area contributed by atoms with E-state index in [1.165, 1.54) is 0 Å². The van der Waals surface area contributed by atoms with E-state index in [0.717, 1.165) is 0 Å². The van der Waals surface area contributed by atoms with Gasteiger partial charge in [0.05, 0.1) is 12.0 Å². The number of carbonyl (C=O) groups is 1. The van der Waals surface area contributed by atoms with Crippen LogP contribution in [0.4, 0.5) is 0 Å². The average molecular weight is 214 g/mol. The molecule has 1 aromatic heterocycles. The van der Waals surface area contributed by atoms with Crippen LogP contribution in [0.3, 0.4) is 0 Å². The Kier molecular flexibility index (Phi) is 3.73. The maximum atomic E-state index is 10.9. The van der Waals surface area contributed by atoms with E-state index in [2.05, 4.69) is 20.6 Å².